The van der Waals surface area contributed by atoms with Crippen LogP contribution < -0.4 is 10.1 Å². The van der Waals surface area contributed by atoms with E-state index >= 15 is 0 Å². The third-order valence-electron chi connectivity index (χ3n) is 4.70. The van der Waals surface area contributed by atoms with Gasteiger partial charge in [-0.15, -0.1) is 0 Å². The number of hydrogen-bond acceptors (Lipinski definition) is 5. The summed E-state index contributed by atoms with van der Waals surface area (Å²) in [5.74, 6) is 0.930. The van der Waals surface area contributed by atoms with Gasteiger partial charge in [0, 0.05) is 38.3 Å². The van der Waals surface area contributed by atoms with E-state index in [1.165, 1.54) is 5.69 Å². The Hall–Kier alpha value is -1.89. The summed E-state index contributed by atoms with van der Waals surface area (Å²) in [4.78, 5) is 2.36. The van der Waals surface area contributed by atoms with Crippen molar-refractivity contribution in [1.82, 2.24) is 20.0 Å². The second kappa shape index (κ2) is 6.93. The Morgan fingerprint density at radius 1 is 1.25 bits per heavy atom. The first-order valence-electron chi connectivity index (χ1n) is 8.66. The van der Waals surface area contributed by atoms with Gasteiger partial charge in [0.25, 0.3) is 0 Å². The molecule has 1 aromatic heterocycles. The standard InChI is InChI=1S/C18H24N4O2/c23-13-14-2-3-18-15(8-14)11-21(6-7-24-18)12-16-9-17-10-19-4-1-5-22(17)20-16/h2-3,8-9,19,23H,1,4-7,10-13H2. The van der Waals surface area contributed by atoms with E-state index in [0.717, 1.165) is 68.3 Å². The Kier molecular flexibility index (Phi) is 4.51. The molecule has 6 heteroatoms. The van der Waals surface area contributed by atoms with Crippen LogP contribution in [0, 0.1) is 0 Å². The van der Waals surface area contributed by atoms with Crippen LogP contribution in [0.2, 0.25) is 0 Å². The number of aliphatic hydroxyl groups excluding tert-OH is 1. The van der Waals surface area contributed by atoms with Gasteiger partial charge in [0.05, 0.1) is 18.0 Å². The van der Waals surface area contributed by atoms with E-state index in [9.17, 15) is 5.11 Å². The van der Waals surface area contributed by atoms with Crippen LogP contribution in [0.15, 0.2) is 24.3 Å². The highest BCUT2D eigenvalue weighted by atomic mass is 16.5. The van der Waals surface area contributed by atoms with E-state index in [2.05, 4.69) is 21.0 Å². The zero-order valence-electron chi connectivity index (χ0n) is 13.9. The van der Waals surface area contributed by atoms with Gasteiger partial charge in [-0.2, -0.15) is 5.10 Å². The fourth-order valence-corrected chi connectivity index (χ4v) is 3.46. The number of ether oxygens (including phenoxy) is 1. The number of aromatic nitrogens is 2. The first-order chi connectivity index (χ1) is 11.8. The monoisotopic (exact) mass is 328 g/mol. The Balaban J connectivity index is 1.50. The molecule has 6 nitrogen and oxygen atoms in total. The number of rotatable bonds is 3. The molecule has 2 N–H and O–H groups in total. The largest absolute Gasteiger partial charge is 0.492 e. The molecule has 4 rings (SSSR count). The van der Waals surface area contributed by atoms with Gasteiger partial charge in [-0.05, 0) is 36.7 Å². The van der Waals surface area contributed by atoms with Crippen molar-refractivity contribution in [2.75, 3.05) is 19.7 Å². The van der Waals surface area contributed by atoms with Crippen molar-refractivity contribution in [2.45, 2.75) is 39.2 Å². The number of aryl methyl sites for hydroxylation is 1. The van der Waals surface area contributed by atoms with Crippen molar-refractivity contribution < 1.29 is 9.84 Å². The normalized spacial score (nSPS) is 18.2. The molecule has 0 saturated carbocycles. The Bertz CT molecular complexity index is 690. The minimum absolute atomic E-state index is 0.0635. The molecule has 1 aromatic carbocycles. The van der Waals surface area contributed by atoms with Crippen molar-refractivity contribution in [1.29, 1.82) is 0 Å². The zero-order valence-corrected chi connectivity index (χ0v) is 13.9. The Morgan fingerprint density at radius 3 is 3.12 bits per heavy atom. The molecule has 0 spiro atoms. The van der Waals surface area contributed by atoms with Crippen molar-refractivity contribution in [3.8, 4) is 5.75 Å². The van der Waals surface area contributed by atoms with E-state index in [1.54, 1.807) is 0 Å². The second-order valence-corrected chi connectivity index (χ2v) is 6.54. The molecule has 0 aliphatic carbocycles. The second-order valence-electron chi connectivity index (χ2n) is 6.54. The summed E-state index contributed by atoms with van der Waals surface area (Å²) in [6.07, 6.45) is 1.13. The number of fused-ring (bicyclic) bond motifs is 2. The maximum Gasteiger partial charge on any atom is 0.123 e. The SMILES string of the molecule is OCc1ccc2c(c1)CN(Cc1cc3n(n1)CCCNC3)CCO2. The van der Waals surface area contributed by atoms with Gasteiger partial charge >= 0.3 is 0 Å². The Labute approximate surface area is 142 Å². The van der Waals surface area contributed by atoms with Gasteiger partial charge in [0.2, 0.25) is 0 Å². The molecule has 0 unspecified atom stereocenters. The van der Waals surface area contributed by atoms with Crippen LogP contribution in [0.25, 0.3) is 0 Å². The number of benzene rings is 1. The minimum Gasteiger partial charge on any atom is -0.492 e. The zero-order chi connectivity index (χ0) is 16.4. The molecule has 128 valence electrons. The summed E-state index contributed by atoms with van der Waals surface area (Å²) in [7, 11) is 0. The summed E-state index contributed by atoms with van der Waals surface area (Å²) in [6.45, 7) is 6.23. The fraction of sp³-hybridized carbons (Fsp3) is 0.500. The third kappa shape index (κ3) is 3.31. The predicted octanol–water partition coefficient (Wildman–Crippen LogP) is 1.26. The van der Waals surface area contributed by atoms with Gasteiger partial charge < -0.3 is 15.2 Å². The highest BCUT2D eigenvalue weighted by Crippen LogP contribution is 2.25. The minimum atomic E-state index is 0.0635. The van der Waals surface area contributed by atoms with Crippen LogP contribution in [0.3, 0.4) is 0 Å². The van der Waals surface area contributed by atoms with Crippen LogP contribution in [0.5, 0.6) is 5.75 Å². The van der Waals surface area contributed by atoms with E-state index in [0.29, 0.717) is 6.61 Å². The van der Waals surface area contributed by atoms with Crippen LogP contribution in [0.4, 0.5) is 0 Å². The molecule has 0 fully saturated rings. The topological polar surface area (TPSA) is 62.5 Å². The molecule has 24 heavy (non-hydrogen) atoms. The van der Waals surface area contributed by atoms with Gasteiger partial charge in [-0.25, -0.2) is 0 Å². The molecular formula is C18H24N4O2. The third-order valence-corrected chi connectivity index (χ3v) is 4.70. The lowest BCUT2D eigenvalue weighted by Gasteiger charge is -2.18. The molecule has 2 aliphatic rings. The maximum absolute atomic E-state index is 9.35. The van der Waals surface area contributed by atoms with Gasteiger partial charge in [-0.3, -0.25) is 9.58 Å². The summed E-state index contributed by atoms with van der Waals surface area (Å²) < 4.78 is 8.00. The van der Waals surface area contributed by atoms with Crippen molar-refractivity contribution >= 4 is 0 Å². The summed E-state index contributed by atoms with van der Waals surface area (Å²) in [5, 5.41) is 17.6. The first-order valence-corrected chi connectivity index (χ1v) is 8.66. The van der Waals surface area contributed by atoms with Crippen molar-refractivity contribution in [3.05, 3.63) is 46.8 Å². The fourth-order valence-electron chi connectivity index (χ4n) is 3.46. The van der Waals surface area contributed by atoms with E-state index in [-0.39, 0.29) is 6.61 Å². The van der Waals surface area contributed by atoms with Gasteiger partial charge in [0.15, 0.2) is 0 Å². The summed E-state index contributed by atoms with van der Waals surface area (Å²) >= 11 is 0. The number of nitrogens with zero attached hydrogens (tertiary/aromatic N) is 3. The van der Waals surface area contributed by atoms with Crippen LogP contribution in [-0.4, -0.2) is 39.5 Å². The van der Waals surface area contributed by atoms with E-state index < -0.39 is 0 Å². The van der Waals surface area contributed by atoms with Crippen LogP contribution in [0.1, 0.15) is 28.9 Å². The number of nitrogens with one attached hydrogen (secondary N) is 1. The number of aliphatic hydroxyl groups is 1. The molecule has 2 aliphatic heterocycles. The lowest BCUT2D eigenvalue weighted by molar-refractivity contribution is 0.217. The molecule has 0 saturated heterocycles. The number of hydrogen-bond donors (Lipinski definition) is 2. The van der Waals surface area contributed by atoms with Crippen molar-refractivity contribution in [2.24, 2.45) is 0 Å². The summed E-state index contributed by atoms with van der Waals surface area (Å²) in [5.41, 5.74) is 4.47. The molecule has 0 atom stereocenters. The average Bonchev–Trinajstić information content (AvgIpc) is 2.75. The van der Waals surface area contributed by atoms with E-state index in [1.807, 2.05) is 18.2 Å². The first kappa shape index (κ1) is 15.6. The molecule has 2 aromatic rings. The quantitative estimate of drug-likeness (QED) is 0.888. The van der Waals surface area contributed by atoms with Crippen molar-refractivity contribution in [3.63, 3.8) is 0 Å². The predicted molar refractivity (Wildman–Crippen MR) is 90.5 cm³/mol. The smallest absolute Gasteiger partial charge is 0.123 e. The van der Waals surface area contributed by atoms with Crippen LogP contribution >= 0.6 is 0 Å². The highest BCUT2D eigenvalue weighted by molar-refractivity contribution is 5.37. The van der Waals surface area contributed by atoms with E-state index in [4.69, 9.17) is 9.84 Å². The molecule has 3 heterocycles. The lowest BCUT2D eigenvalue weighted by Crippen LogP contribution is -2.25. The summed E-state index contributed by atoms with van der Waals surface area (Å²) in [6, 6.07) is 8.15. The van der Waals surface area contributed by atoms with Crippen LogP contribution in [-0.2, 0) is 32.8 Å². The average molecular weight is 328 g/mol. The molecule has 0 amide bonds. The highest BCUT2D eigenvalue weighted by Gasteiger charge is 2.18. The molecular weight excluding hydrogens is 304 g/mol. The lowest BCUT2D eigenvalue weighted by atomic mass is 10.1. The van der Waals surface area contributed by atoms with Gasteiger partial charge in [0.1, 0.15) is 12.4 Å². The molecule has 0 radical (unpaired) electrons. The maximum atomic E-state index is 9.35. The molecule has 0 bridgehead atoms. The van der Waals surface area contributed by atoms with Gasteiger partial charge in [-0.1, -0.05) is 6.07 Å². The Morgan fingerprint density at radius 2 is 2.21 bits per heavy atom.